The Morgan fingerprint density at radius 3 is 2.73 bits per heavy atom. The zero-order chi connectivity index (χ0) is 16.2. The molecule has 1 amide bonds. The highest BCUT2D eigenvalue weighted by molar-refractivity contribution is 5.83. The molecule has 1 rings (SSSR count). The van der Waals surface area contributed by atoms with E-state index >= 15 is 0 Å². The van der Waals surface area contributed by atoms with Crippen LogP contribution in [0, 0.1) is 0 Å². The zero-order valence-corrected chi connectivity index (χ0v) is 13.5. The van der Waals surface area contributed by atoms with Gasteiger partial charge >= 0.3 is 0 Å². The van der Waals surface area contributed by atoms with Gasteiger partial charge in [-0.2, -0.15) is 5.10 Å². The third-order valence-electron chi connectivity index (χ3n) is 3.36. The van der Waals surface area contributed by atoms with Crippen molar-refractivity contribution in [3.8, 4) is 11.5 Å². The van der Waals surface area contributed by atoms with E-state index in [1.165, 1.54) is 45.1 Å². The van der Waals surface area contributed by atoms with Crippen LogP contribution in [0.25, 0.3) is 0 Å². The summed E-state index contributed by atoms with van der Waals surface area (Å²) >= 11 is 0. The Balaban J connectivity index is 2.25. The van der Waals surface area contributed by atoms with Crippen LogP contribution < -0.4 is 10.2 Å². The molecule has 0 aliphatic rings. The molecule has 0 aromatic heterocycles. The summed E-state index contributed by atoms with van der Waals surface area (Å²) in [4.78, 5) is 11.6. The van der Waals surface area contributed by atoms with Gasteiger partial charge in [0.25, 0.3) is 0 Å². The van der Waals surface area contributed by atoms with Gasteiger partial charge in [-0.05, 0) is 30.2 Å². The summed E-state index contributed by atoms with van der Waals surface area (Å²) in [7, 11) is 1.48. The van der Waals surface area contributed by atoms with E-state index in [9.17, 15) is 9.90 Å². The maximum Gasteiger partial charge on any atom is 0.240 e. The molecule has 0 aliphatic carbocycles. The maximum absolute atomic E-state index is 11.6. The van der Waals surface area contributed by atoms with Crippen molar-refractivity contribution in [3.05, 3.63) is 23.8 Å². The molecule has 0 unspecified atom stereocenters. The Hall–Kier alpha value is -2.04. The largest absolute Gasteiger partial charge is 0.504 e. The number of rotatable bonds is 10. The number of hydrogen-bond acceptors (Lipinski definition) is 4. The van der Waals surface area contributed by atoms with Gasteiger partial charge in [0.1, 0.15) is 0 Å². The molecule has 0 radical (unpaired) electrons. The Bertz CT molecular complexity index is 487. The Kier molecular flexibility index (Phi) is 8.72. The van der Waals surface area contributed by atoms with Gasteiger partial charge in [0.2, 0.25) is 5.91 Å². The zero-order valence-electron chi connectivity index (χ0n) is 13.5. The third-order valence-corrected chi connectivity index (χ3v) is 3.36. The number of nitrogens with one attached hydrogen (secondary N) is 1. The molecule has 0 aliphatic heterocycles. The first kappa shape index (κ1) is 18.0. The van der Waals surface area contributed by atoms with Gasteiger partial charge < -0.3 is 9.84 Å². The number of hydrazone groups is 1. The Labute approximate surface area is 132 Å². The van der Waals surface area contributed by atoms with Crippen molar-refractivity contribution >= 4 is 12.1 Å². The molecule has 0 spiro atoms. The number of hydrogen-bond donors (Lipinski definition) is 2. The molecule has 0 bridgehead atoms. The number of benzene rings is 1. The first-order valence-electron chi connectivity index (χ1n) is 7.86. The molecule has 122 valence electrons. The second-order valence-corrected chi connectivity index (χ2v) is 5.24. The van der Waals surface area contributed by atoms with E-state index in [1.54, 1.807) is 12.1 Å². The molecule has 5 nitrogen and oxygen atoms in total. The lowest BCUT2D eigenvalue weighted by molar-refractivity contribution is -0.121. The predicted octanol–water partition coefficient (Wildman–Crippen LogP) is 3.60. The number of methoxy groups -OCH3 is 1. The highest BCUT2D eigenvalue weighted by Crippen LogP contribution is 2.25. The smallest absolute Gasteiger partial charge is 0.240 e. The lowest BCUT2D eigenvalue weighted by Gasteiger charge is -2.03. The fraction of sp³-hybridized carbons (Fsp3) is 0.529. The summed E-state index contributed by atoms with van der Waals surface area (Å²) in [5, 5.41) is 13.4. The van der Waals surface area contributed by atoms with E-state index in [0.29, 0.717) is 12.2 Å². The normalized spacial score (nSPS) is 10.8. The van der Waals surface area contributed by atoms with Gasteiger partial charge in [0.05, 0.1) is 13.3 Å². The Morgan fingerprint density at radius 2 is 2.00 bits per heavy atom. The van der Waals surface area contributed by atoms with Crippen molar-refractivity contribution in [1.82, 2.24) is 5.43 Å². The number of unbranched alkanes of at least 4 members (excludes halogenated alkanes) is 5. The molecule has 0 atom stereocenters. The number of amides is 1. The van der Waals surface area contributed by atoms with Crippen LogP contribution in [0.1, 0.15) is 57.4 Å². The SMILES string of the molecule is CCCCCCCCC(=O)NN=Cc1ccc(O)c(OC)c1. The van der Waals surface area contributed by atoms with Gasteiger partial charge in [-0.15, -0.1) is 0 Å². The molecular weight excluding hydrogens is 280 g/mol. The van der Waals surface area contributed by atoms with Crippen molar-refractivity contribution in [2.75, 3.05) is 7.11 Å². The van der Waals surface area contributed by atoms with Crippen molar-refractivity contribution < 1.29 is 14.6 Å². The molecule has 0 saturated heterocycles. The summed E-state index contributed by atoms with van der Waals surface area (Å²) < 4.78 is 5.01. The number of carbonyl (C=O) groups excluding carboxylic acids is 1. The standard InChI is InChI=1S/C17H26N2O3/c1-3-4-5-6-7-8-9-17(21)19-18-13-14-10-11-15(20)16(12-14)22-2/h10-13,20H,3-9H2,1-2H3,(H,19,21). The van der Waals surface area contributed by atoms with Crippen LogP contribution in [0.3, 0.4) is 0 Å². The van der Waals surface area contributed by atoms with Crippen molar-refractivity contribution in [2.24, 2.45) is 5.10 Å². The van der Waals surface area contributed by atoms with E-state index in [-0.39, 0.29) is 11.7 Å². The van der Waals surface area contributed by atoms with Crippen molar-refractivity contribution in [1.29, 1.82) is 0 Å². The predicted molar refractivity (Wildman–Crippen MR) is 88.4 cm³/mol. The van der Waals surface area contributed by atoms with Gasteiger partial charge in [-0.25, -0.2) is 5.43 Å². The van der Waals surface area contributed by atoms with Crippen molar-refractivity contribution in [2.45, 2.75) is 51.9 Å². The third kappa shape index (κ3) is 7.11. The minimum Gasteiger partial charge on any atom is -0.504 e. The number of phenols is 1. The van der Waals surface area contributed by atoms with Gasteiger partial charge in [0.15, 0.2) is 11.5 Å². The van der Waals surface area contributed by atoms with E-state index in [0.717, 1.165) is 18.4 Å². The topological polar surface area (TPSA) is 70.9 Å². The van der Waals surface area contributed by atoms with Gasteiger partial charge in [-0.3, -0.25) is 4.79 Å². The van der Waals surface area contributed by atoms with Gasteiger partial charge in [-0.1, -0.05) is 39.0 Å². The van der Waals surface area contributed by atoms with Crippen molar-refractivity contribution in [3.63, 3.8) is 0 Å². The molecule has 1 aromatic rings. The molecule has 0 heterocycles. The van der Waals surface area contributed by atoms with E-state index in [1.807, 2.05) is 0 Å². The lowest BCUT2D eigenvalue weighted by Crippen LogP contribution is -2.16. The number of ether oxygens (including phenoxy) is 1. The quantitative estimate of drug-likeness (QED) is 0.394. The minimum absolute atomic E-state index is 0.0718. The van der Waals surface area contributed by atoms with E-state index < -0.39 is 0 Å². The minimum atomic E-state index is -0.0718. The lowest BCUT2D eigenvalue weighted by atomic mass is 10.1. The van der Waals surface area contributed by atoms with Crippen LogP contribution in [0.5, 0.6) is 11.5 Å². The summed E-state index contributed by atoms with van der Waals surface area (Å²) in [6, 6.07) is 4.87. The second-order valence-electron chi connectivity index (χ2n) is 5.24. The van der Waals surface area contributed by atoms with Gasteiger partial charge in [0, 0.05) is 6.42 Å². The molecular formula is C17H26N2O3. The molecule has 2 N–H and O–H groups in total. The molecule has 1 aromatic carbocycles. The molecule has 5 heteroatoms. The van der Waals surface area contributed by atoms with Crippen LogP contribution in [0.4, 0.5) is 0 Å². The highest BCUT2D eigenvalue weighted by Gasteiger charge is 2.02. The average Bonchev–Trinajstić information content (AvgIpc) is 2.52. The second kappa shape index (κ2) is 10.7. The number of aromatic hydroxyl groups is 1. The van der Waals surface area contributed by atoms with Crippen LogP contribution >= 0.6 is 0 Å². The van der Waals surface area contributed by atoms with E-state index in [4.69, 9.17) is 4.74 Å². The summed E-state index contributed by atoms with van der Waals surface area (Å²) in [5.41, 5.74) is 3.26. The first-order valence-corrected chi connectivity index (χ1v) is 7.86. The monoisotopic (exact) mass is 306 g/mol. The first-order chi connectivity index (χ1) is 10.7. The fourth-order valence-corrected chi connectivity index (χ4v) is 2.08. The Morgan fingerprint density at radius 1 is 1.27 bits per heavy atom. The van der Waals surface area contributed by atoms with E-state index in [2.05, 4.69) is 17.5 Å². The summed E-state index contributed by atoms with van der Waals surface area (Å²) in [5.74, 6) is 0.381. The highest BCUT2D eigenvalue weighted by atomic mass is 16.5. The number of carbonyl (C=O) groups is 1. The number of nitrogens with zero attached hydrogens (tertiary/aromatic N) is 1. The average molecular weight is 306 g/mol. The summed E-state index contributed by atoms with van der Waals surface area (Å²) in [6.45, 7) is 2.19. The molecule has 22 heavy (non-hydrogen) atoms. The number of phenolic OH excluding ortho intramolecular Hbond substituents is 1. The van der Waals surface area contributed by atoms with Crippen LogP contribution in [0.15, 0.2) is 23.3 Å². The van der Waals surface area contributed by atoms with Crippen LogP contribution in [-0.4, -0.2) is 24.3 Å². The maximum atomic E-state index is 11.6. The summed E-state index contributed by atoms with van der Waals surface area (Å²) in [6.07, 6.45) is 8.97. The van der Waals surface area contributed by atoms with Crippen LogP contribution in [-0.2, 0) is 4.79 Å². The van der Waals surface area contributed by atoms with Crippen LogP contribution in [0.2, 0.25) is 0 Å². The fourth-order valence-electron chi connectivity index (χ4n) is 2.08. The molecule has 0 fully saturated rings. The molecule has 0 saturated carbocycles.